The Labute approximate surface area is 207 Å². The maximum absolute atomic E-state index is 2.24. The van der Waals surface area contributed by atoms with Crippen LogP contribution in [0.3, 0.4) is 0 Å². The van der Waals surface area contributed by atoms with Gasteiger partial charge in [0.15, 0.2) is 0 Å². The molecule has 3 heteroatoms. The molecule has 4 rings (SSSR count). The predicted octanol–water partition coefficient (Wildman–Crippen LogP) is 1.38. The van der Waals surface area contributed by atoms with Gasteiger partial charge in [-0.1, -0.05) is 99.5 Å². The molecule has 0 spiro atoms. The van der Waals surface area contributed by atoms with Crippen LogP contribution in [0.25, 0.3) is 22.3 Å². The Bertz CT molecular complexity index is 846. The van der Waals surface area contributed by atoms with Crippen LogP contribution in [0.15, 0.2) is 84.9 Å². The van der Waals surface area contributed by atoms with Crippen LogP contribution >= 0.6 is 0 Å². The van der Waals surface area contributed by atoms with Crippen molar-refractivity contribution < 1.29 is 51.0 Å². The molecule has 0 bridgehead atoms. The molecule has 0 unspecified atom stereocenters. The molecule has 0 fully saturated rings. The van der Waals surface area contributed by atoms with E-state index in [9.17, 15) is 0 Å². The number of hydrogen-bond donors (Lipinski definition) is 0. The van der Waals surface area contributed by atoms with E-state index in [0.29, 0.717) is 0 Å². The van der Waals surface area contributed by atoms with Crippen molar-refractivity contribution in [3.63, 3.8) is 0 Å². The Kier molecular flexibility index (Phi) is 12.4. The summed E-state index contributed by atoms with van der Waals surface area (Å²) < 4.78 is 0. The third-order valence-corrected chi connectivity index (χ3v) is 4.95. The summed E-state index contributed by atoms with van der Waals surface area (Å²) >= 11 is 0. The zero-order valence-electron chi connectivity index (χ0n) is 17.3. The first-order valence-electron chi connectivity index (χ1n) is 9.13. The van der Waals surface area contributed by atoms with E-state index in [-0.39, 0.29) is 51.0 Å². The van der Waals surface area contributed by atoms with E-state index in [2.05, 4.69) is 100 Å². The van der Waals surface area contributed by atoms with Crippen molar-refractivity contribution in [1.29, 1.82) is 0 Å². The molecule has 148 valence electrons. The molecule has 0 aromatic heterocycles. The summed E-state index contributed by atoms with van der Waals surface area (Å²) in [7, 11) is 0. The van der Waals surface area contributed by atoms with E-state index in [1.165, 1.54) is 44.5 Å². The molecular weight excluding hydrogens is 474 g/mol. The molecule has 0 N–H and O–H groups in total. The molecule has 0 aliphatic heterocycles. The monoisotopic (exact) mass is 498 g/mol. The fourth-order valence-electron chi connectivity index (χ4n) is 3.07. The molecule has 4 aromatic carbocycles. The summed E-state index contributed by atoms with van der Waals surface area (Å²) in [6, 6.07) is 30.0. The van der Waals surface area contributed by atoms with Crippen molar-refractivity contribution in [2.45, 2.75) is 27.7 Å². The first kappa shape index (κ1) is 27.6. The van der Waals surface area contributed by atoms with Crippen molar-refractivity contribution in [2.75, 3.05) is 0 Å². The third kappa shape index (κ3) is 7.41. The first-order chi connectivity index (χ1) is 12.5. The Morgan fingerprint density at radius 2 is 0.828 bits per heavy atom. The maximum Gasteiger partial charge on any atom is 4.00 e. The van der Waals surface area contributed by atoms with E-state index >= 15 is 0 Å². The van der Waals surface area contributed by atoms with Crippen molar-refractivity contribution in [3.05, 3.63) is 107 Å². The van der Waals surface area contributed by atoms with Gasteiger partial charge in [0.2, 0.25) is 0 Å². The van der Waals surface area contributed by atoms with Crippen LogP contribution in [0.2, 0.25) is 0 Å². The van der Waals surface area contributed by atoms with Crippen molar-refractivity contribution >= 4 is 0 Å². The minimum absolute atomic E-state index is 0. The number of halogens is 2. The van der Waals surface area contributed by atoms with Gasteiger partial charge < -0.3 is 24.8 Å². The number of aryl methyl sites for hydroxylation is 4. The topological polar surface area (TPSA) is 0 Å². The van der Waals surface area contributed by atoms with Gasteiger partial charge in [-0.2, -0.15) is 45.5 Å². The summed E-state index contributed by atoms with van der Waals surface area (Å²) in [5, 5.41) is 0. The van der Waals surface area contributed by atoms with Crippen LogP contribution < -0.4 is 24.8 Å². The van der Waals surface area contributed by atoms with Gasteiger partial charge in [-0.3, -0.25) is 0 Å². The summed E-state index contributed by atoms with van der Waals surface area (Å²) in [5.74, 6) is 0. The van der Waals surface area contributed by atoms with E-state index in [1.807, 2.05) is 12.1 Å². The second-order valence-electron chi connectivity index (χ2n) is 6.95. The number of hydrogen-bond acceptors (Lipinski definition) is 0. The molecule has 0 saturated carbocycles. The molecule has 0 aliphatic carbocycles. The van der Waals surface area contributed by atoms with E-state index < -0.39 is 0 Å². The smallest absolute Gasteiger partial charge is 1.00 e. The van der Waals surface area contributed by atoms with E-state index in [4.69, 9.17) is 0 Å². The van der Waals surface area contributed by atoms with Crippen LogP contribution in [0.4, 0.5) is 0 Å². The fourth-order valence-corrected chi connectivity index (χ4v) is 3.07. The molecule has 0 radical (unpaired) electrons. The van der Waals surface area contributed by atoms with Gasteiger partial charge in [0.05, 0.1) is 0 Å². The van der Waals surface area contributed by atoms with Gasteiger partial charge in [-0.15, -0.1) is 0 Å². The van der Waals surface area contributed by atoms with Gasteiger partial charge in [0.25, 0.3) is 0 Å². The SMILES string of the molecule is Cc1cc(-c2ccccc2)c[c-]1C.Cc1cc(-c2ccccc2)c[c-]1C.[Cl-].[Cl-].[Zr+4]. The third-order valence-electron chi connectivity index (χ3n) is 4.95. The summed E-state index contributed by atoms with van der Waals surface area (Å²) in [6.45, 7) is 8.62. The van der Waals surface area contributed by atoms with Gasteiger partial charge in [-0.05, 0) is 0 Å². The van der Waals surface area contributed by atoms with Crippen LogP contribution in [0, 0.1) is 27.7 Å². The number of benzene rings is 2. The maximum atomic E-state index is 2.24. The van der Waals surface area contributed by atoms with E-state index in [0.717, 1.165) is 0 Å². The summed E-state index contributed by atoms with van der Waals surface area (Å²) in [6.07, 6.45) is 0. The largest absolute Gasteiger partial charge is 4.00 e. The predicted molar refractivity (Wildman–Crippen MR) is 114 cm³/mol. The minimum Gasteiger partial charge on any atom is -1.00 e. The summed E-state index contributed by atoms with van der Waals surface area (Å²) in [4.78, 5) is 0. The molecule has 29 heavy (non-hydrogen) atoms. The van der Waals surface area contributed by atoms with Crippen molar-refractivity contribution in [1.82, 2.24) is 0 Å². The van der Waals surface area contributed by atoms with Crippen LogP contribution in [-0.4, -0.2) is 0 Å². The van der Waals surface area contributed by atoms with E-state index in [1.54, 1.807) is 0 Å². The molecule has 0 saturated heterocycles. The Morgan fingerprint density at radius 1 is 0.517 bits per heavy atom. The molecule has 0 nitrogen and oxygen atoms in total. The first-order valence-corrected chi connectivity index (χ1v) is 9.13. The minimum atomic E-state index is 0. The van der Waals surface area contributed by atoms with Gasteiger partial charge >= 0.3 is 26.2 Å². The van der Waals surface area contributed by atoms with Crippen LogP contribution in [-0.2, 0) is 26.2 Å². The van der Waals surface area contributed by atoms with Crippen LogP contribution in [0.1, 0.15) is 22.3 Å². The van der Waals surface area contributed by atoms with Gasteiger partial charge in [0.1, 0.15) is 0 Å². The van der Waals surface area contributed by atoms with Crippen LogP contribution in [0.5, 0.6) is 0 Å². The fraction of sp³-hybridized carbons (Fsp3) is 0.154. The Hall–Kier alpha value is -1.40. The molecule has 4 aromatic rings. The molecular formula is C26H26Cl2Zr. The normalized spacial score (nSPS) is 9.24. The Balaban J connectivity index is 0.000000490. The average molecular weight is 501 g/mol. The molecule has 0 amide bonds. The summed E-state index contributed by atoms with van der Waals surface area (Å²) in [5.41, 5.74) is 10.8. The quantitative estimate of drug-likeness (QED) is 0.365. The zero-order valence-corrected chi connectivity index (χ0v) is 21.3. The Morgan fingerprint density at radius 3 is 1.07 bits per heavy atom. The van der Waals surface area contributed by atoms with Crippen molar-refractivity contribution in [2.24, 2.45) is 0 Å². The molecule has 0 atom stereocenters. The average Bonchev–Trinajstić information content (AvgIpc) is 3.19. The number of rotatable bonds is 2. The van der Waals surface area contributed by atoms with Gasteiger partial charge in [0, 0.05) is 0 Å². The molecule has 0 heterocycles. The second-order valence-corrected chi connectivity index (χ2v) is 6.95. The zero-order chi connectivity index (χ0) is 18.5. The molecule has 0 aliphatic rings. The second kappa shape index (κ2) is 13.0. The van der Waals surface area contributed by atoms with Crippen molar-refractivity contribution in [3.8, 4) is 22.3 Å². The van der Waals surface area contributed by atoms with Gasteiger partial charge in [-0.25, -0.2) is 12.1 Å². The standard InChI is InChI=1S/2C13H13.2ClH.Zr/c2*1-10-8-13(9-11(10)2)12-6-4-3-5-7-12;;;/h2*3-9H,1-2H3;2*1H;/q2*-1;;;+4/p-2.